The van der Waals surface area contributed by atoms with Crippen LogP contribution in [-0.4, -0.2) is 6.61 Å². The van der Waals surface area contributed by atoms with Crippen LogP contribution in [0.2, 0.25) is 0 Å². The predicted octanol–water partition coefficient (Wildman–Crippen LogP) is 3.07. The van der Waals surface area contributed by atoms with Crippen molar-refractivity contribution in [1.29, 1.82) is 0 Å². The van der Waals surface area contributed by atoms with Crippen LogP contribution in [0, 0.1) is 0 Å². The van der Waals surface area contributed by atoms with Gasteiger partial charge < -0.3 is 10.5 Å². The highest BCUT2D eigenvalue weighted by atomic mass is 79.9. The van der Waals surface area contributed by atoms with Crippen molar-refractivity contribution < 1.29 is 13.5 Å². The second-order valence-corrected chi connectivity index (χ2v) is 3.77. The average molecular weight is 266 g/mol. The van der Waals surface area contributed by atoms with Gasteiger partial charge in [0.25, 0.3) is 0 Å². The van der Waals surface area contributed by atoms with Crippen LogP contribution < -0.4 is 10.5 Å². The molecule has 0 radical (unpaired) electrons. The molecular weight excluding hydrogens is 256 g/mol. The Morgan fingerprint density at radius 2 is 2.07 bits per heavy atom. The minimum atomic E-state index is -2.83. The standard InChI is InChI=1S/C9H10BrF2NO/c1-5(13)7-4-6(10)2-3-8(7)14-9(11)12/h2-5,9H,13H2,1H3/t5-/m0/s1. The Morgan fingerprint density at radius 3 is 2.57 bits per heavy atom. The molecule has 0 aliphatic carbocycles. The van der Waals surface area contributed by atoms with Crippen molar-refractivity contribution in [3.63, 3.8) is 0 Å². The summed E-state index contributed by atoms with van der Waals surface area (Å²) in [4.78, 5) is 0. The number of ether oxygens (including phenoxy) is 1. The maximum Gasteiger partial charge on any atom is 0.387 e. The zero-order chi connectivity index (χ0) is 10.7. The molecule has 5 heteroatoms. The number of alkyl halides is 2. The van der Waals surface area contributed by atoms with E-state index in [4.69, 9.17) is 5.73 Å². The van der Waals surface area contributed by atoms with Crippen LogP contribution in [0.5, 0.6) is 5.75 Å². The smallest absolute Gasteiger partial charge is 0.387 e. The molecule has 2 nitrogen and oxygen atoms in total. The fourth-order valence-corrected chi connectivity index (χ4v) is 1.46. The van der Waals surface area contributed by atoms with Gasteiger partial charge in [0.05, 0.1) is 0 Å². The zero-order valence-corrected chi connectivity index (χ0v) is 9.09. The minimum absolute atomic E-state index is 0.123. The van der Waals surface area contributed by atoms with Gasteiger partial charge in [-0.2, -0.15) is 8.78 Å². The Balaban J connectivity index is 3.02. The quantitative estimate of drug-likeness (QED) is 0.912. The van der Waals surface area contributed by atoms with E-state index in [2.05, 4.69) is 20.7 Å². The monoisotopic (exact) mass is 265 g/mol. The van der Waals surface area contributed by atoms with Gasteiger partial charge in [-0.25, -0.2) is 0 Å². The van der Waals surface area contributed by atoms with Gasteiger partial charge in [0.15, 0.2) is 0 Å². The number of nitrogens with two attached hydrogens (primary N) is 1. The molecule has 0 aliphatic heterocycles. The van der Waals surface area contributed by atoms with Crippen LogP contribution in [0.3, 0.4) is 0 Å². The molecule has 1 atom stereocenters. The van der Waals surface area contributed by atoms with Gasteiger partial charge in [0.1, 0.15) is 5.75 Å². The zero-order valence-electron chi connectivity index (χ0n) is 7.51. The second-order valence-electron chi connectivity index (χ2n) is 2.85. The van der Waals surface area contributed by atoms with E-state index in [-0.39, 0.29) is 11.8 Å². The summed E-state index contributed by atoms with van der Waals surface area (Å²) in [6.07, 6.45) is 0. The number of benzene rings is 1. The molecule has 14 heavy (non-hydrogen) atoms. The molecule has 0 spiro atoms. The van der Waals surface area contributed by atoms with Crippen LogP contribution in [0.15, 0.2) is 22.7 Å². The summed E-state index contributed by atoms with van der Waals surface area (Å²) in [5, 5.41) is 0. The number of rotatable bonds is 3. The minimum Gasteiger partial charge on any atom is -0.434 e. The van der Waals surface area contributed by atoms with Crippen molar-refractivity contribution >= 4 is 15.9 Å². The first-order valence-corrected chi connectivity index (χ1v) is 4.80. The number of halogens is 3. The molecule has 0 aliphatic rings. The molecule has 0 saturated heterocycles. The maximum atomic E-state index is 12.0. The highest BCUT2D eigenvalue weighted by molar-refractivity contribution is 9.10. The summed E-state index contributed by atoms with van der Waals surface area (Å²) in [6.45, 7) is -1.12. The molecule has 0 fully saturated rings. The van der Waals surface area contributed by atoms with Crippen LogP contribution in [0.4, 0.5) is 8.78 Å². The Kier molecular flexibility index (Phi) is 3.83. The third-order valence-electron chi connectivity index (χ3n) is 1.68. The van der Waals surface area contributed by atoms with E-state index in [0.29, 0.717) is 5.56 Å². The van der Waals surface area contributed by atoms with E-state index < -0.39 is 6.61 Å². The summed E-state index contributed by atoms with van der Waals surface area (Å²) < 4.78 is 29.1. The SMILES string of the molecule is C[C@H](N)c1cc(Br)ccc1OC(F)F. The van der Waals surface area contributed by atoms with Gasteiger partial charge >= 0.3 is 6.61 Å². The van der Waals surface area contributed by atoms with Crippen molar-refractivity contribution in [2.45, 2.75) is 19.6 Å². The molecule has 0 aromatic heterocycles. The van der Waals surface area contributed by atoms with Crippen LogP contribution in [0.25, 0.3) is 0 Å². The van der Waals surface area contributed by atoms with Crippen LogP contribution in [-0.2, 0) is 0 Å². The normalized spacial score (nSPS) is 13.0. The van der Waals surface area contributed by atoms with E-state index in [1.807, 2.05) is 0 Å². The van der Waals surface area contributed by atoms with Crippen LogP contribution >= 0.6 is 15.9 Å². The Labute approximate surface area is 89.2 Å². The predicted molar refractivity (Wildman–Crippen MR) is 53.4 cm³/mol. The third kappa shape index (κ3) is 2.92. The van der Waals surface area contributed by atoms with Gasteiger partial charge in [-0.05, 0) is 25.1 Å². The van der Waals surface area contributed by atoms with E-state index in [0.717, 1.165) is 4.47 Å². The van der Waals surface area contributed by atoms with E-state index >= 15 is 0 Å². The topological polar surface area (TPSA) is 35.2 Å². The highest BCUT2D eigenvalue weighted by Gasteiger charge is 2.12. The van der Waals surface area contributed by atoms with Crippen molar-refractivity contribution in [2.24, 2.45) is 5.73 Å². The summed E-state index contributed by atoms with van der Waals surface area (Å²) in [5.74, 6) is 0.123. The second kappa shape index (κ2) is 4.70. The lowest BCUT2D eigenvalue weighted by molar-refractivity contribution is -0.0505. The first-order valence-electron chi connectivity index (χ1n) is 4.00. The highest BCUT2D eigenvalue weighted by Crippen LogP contribution is 2.28. The largest absolute Gasteiger partial charge is 0.434 e. The summed E-state index contributed by atoms with van der Waals surface area (Å²) in [6, 6.07) is 4.42. The van der Waals surface area contributed by atoms with Crippen molar-refractivity contribution in [1.82, 2.24) is 0 Å². The Hall–Kier alpha value is -0.680. The fraction of sp³-hybridized carbons (Fsp3) is 0.333. The third-order valence-corrected chi connectivity index (χ3v) is 2.17. The van der Waals surface area contributed by atoms with Crippen molar-refractivity contribution in [3.05, 3.63) is 28.2 Å². The Morgan fingerprint density at radius 1 is 1.43 bits per heavy atom. The lowest BCUT2D eigenvalue weighted by Crippen LogP contribution is -2.10. The molecule has 1 aromatic carbocycles. The molecule has 1 aromatic rings. The first-order chi connectivity index (χ1) is 6.50. The van der Waals surface area contributed by atoms with Crippen LogP contribution in [0.1, 0.15) is 18.5 Å². The lowest BCUT2D eigenvalue weighted by Gasteiger charge is -2.13. The molecule has 0 unspecified atom stereocenters. The molecule has 0 bridgehead atoms. The van der Waals surface area contributed by atoms with Gasteiger partial charge in [-0.15, -0.1) is 0 Å². The van der Waals surface area contributed by atoms with Crippen molar-refractivity contribution in [3.8, 4) is 5.75 Å². The van der Waals surface area contributed by atoms with Gasteiger partial charge in [0.2, 0.25) is 0 Å². The molecular formula is C9H10BrF2NO. The van der Waals surface area contributed by atoms with Gasteiger partial charge in [-0.3, -0.25) is 0 Å². The summed E-state index contributed by atoms with van der Waals surface area (Å²) in [5.41, 5.74) is 6.17. The molecule has 0 heterocycles. The molecule has 78 valence electrons. The van der Waals surface area contributed by atoms with E-state index in [1.165, 1.54) is 6.07 Å². The summed E-state index contributed by atoms with van der Waals surface area (Å²) in [7, 11) is 0. The summed E-state index contributed by atoms with van der Waals surface area (Å²) >= 11 is 3.23. The first kappa shape index (κ1) is 11.4. The number of hydrogen-bond donors (Lipinski definition) is 1. The van der Waals surface area contributed by atoms with Gasteiger partial charge in [0, 0.05) is 16.1 Å². The number of hydrogen-bond acceptors (Lipinski definition) is 2. The average Bonchev–Trinajstić information content (AvgIpc) is 2.07. The van der Waals surface area contributed by atoms with E-state index in [9.17, 15) is 8.78 Å². The fourth-order valence-electron chi connectivity index (χ4n) is 1.08. The van der Waals surface area contributed by atoms with E-state index in [1.54, 1.807) is 19.1 Å². The molecule has 0 saturated carbocycles. The lowest BCUT2D eigenvalue weighted by atomic mass is 10.1. The molecule has 1 rings (SSSR count). The Bertz CT molecular complexity index is 318. The molecule has 0 amide bonds. The molecule has 2 N–H and O–H groups in total. The van der Waals surface area contributed by atoms with Gasteiger partial charge in [-0.1, -0.05) is 15.9 Å². The maximum absolute atomic E-state index is 12.0. The van der Waals surface area contributed by atoms with Crippen molar-refractivity contribution in [2.75, 3.05) is 0 Å².